The van der Waals surface area contributed by atoms with Crippen LogP contribution in [0.5, 0.6) is 11.5 Å². The Balaban J connectivity index is 1.20. The average Bonchev–Trinajstić information content (AvgIpc) is 2.84. The van der Waals surface area contributed by atoms with Gasteiger partial charge in [-0.2, -0.15) is 0 Å². The summed E-state index contributed by atoms with van der Waals surface area (Å²) >= 11 is 1.77. The van der Waals surface area contributed by atoms with E-state index in [9.17, 15) is 0 Å². The standard InChI is InChI=1S/C30H37NO2S/c1-30(2,3)33-28-11-5-23(6-12-28)21-31-19-17-24(18-20-31)22-32-27-13-7-25(8-14-27)26-9-15-29(34-4)16-10-26/h5-16,24H,17-22H2,1-4H3. The topological polar surface area (TPSA) is 21.7 Å². The summed E-state index contributed by atoms with van der Waals surface area (Å²) in [6.45, 7) is 10.3. The number of rotatable bonds is 8. The van der Waals surface area contributed by atoms with Crippen molar-refractivity contribution in [2.24, 2.45) is 5.92 Å². The van der Waals surface area contributed by atoms with Crippen LogP contribution in [0.15, 0.2) is 77.7 Å². The zero-order valence-corrected chi connectivity index (χ0v) is 21.7. The zero-order valence-electron chi connectivity index (χ0n) is 20.9. The third kappa shape index (κ3) is 7.28. The van der Waals surface area contributed by atoms with Crippen molar-refractivity contribution in [3.8, 4) is 22.6 Å². The van der Waals surface area contributed by atoms with Gasteiger partial charge in [-0.25, -0.2) is 0 Å². The summed E-state index contributed by atoms with van der Waals surface area (Å²) in [5, 5.41) is 0. The fourth-order valence-corrected chi connectivity index (χ4v) is 4.74. The first kappa shape index (κ1) is 24.7. The maximum absolute atomic E-state index is 6.14. The van der Waals surface area contributed by atoms with Crippen molar-refractivity contribution in [3.05, 3.63) is 78.4 Å². The predicted molar refractivity (Wildman–Crippen MR) is 144 cm³/mol. The molecule has 3 aromatic carbocycles. The number of piperidine rings is 1. The molecule has 180 valence electrons. The van der Waals surface area contributed by atoms with E-state index in [1.54, 1.807) is 11.8 Å². The molecule has 0 aromatic heterocycles. The van der Waals surface area contributed by atoms with E-state index in [0.29, 0.717) is 5.92 Å². The number of hydrogen-bond donors (Lipinski definition) is 0. The predicted octanol–water partition coefficient (Wildman–Crippen LogP) is 7.54. The summed E-state index contributed by atoms with van der Waals surface area (Å²) in [6, 6.07) is 25.8. The molecule has 0 aliphatic carbocycles. The molecule has 1 fully saturated rings. The van der Waals surface area contributed by atoms with Crippen LogP contribution < -0.4 is 9.47 Å². The summed E-state index contributed by atoms with van der Waals surface area (Å²) < 4.78 is 12.1. The van der Waals surface area contributed by atoms with Crippen LogP contribution in [0.25, 0.3) is 11.1 Å². The Labute approximate surface area is 209 Å². The summed E-state index contributed by atoms with van der Waals surface area (Å²) in [5.41, 5.74) is 3.66. The highest BCUT2D eigenvalue weighted by molar-refractivity contribution is 7.98. The van der Waals surface area contributed by atoms with Crippen LogP contribution in [-0.2, 0) is 6.54 Å². The quantitative estimate of drug-likeness (QED) is 0.314. The molecule has 3 nitrogen and oxygen atoms in total. The third-order valence-corrected chi connectivity index (χ3v) is 6.97. The number of nitrogens with zero attached hydrogens (tertiary/aromatic N) is 1. The Morgan fingerprint density at radius 2 is 1.35 bits per heavy atom. The third-order valence-electron chi connectivity index (χ3n) is 6.22. The number of thioether (sulfide) groups is 1. The first-order valence-corrected chi connectivity index (χ1v) is 13.5. The fourth-order valence-electron chi connectivity index (χ4n) is 4.33. The van der Waals surface area contributed by atoms with Gasteiger partial charge in [0.1, 0.15) is 17.1 Å². The smallest absolute Gasteiger partial charge is 0.120 e. The molecule has 0 atom stereocenters. The minimum atomic E-state index is -0.159. The van der Waals surface area contributed by atoms with Gasteiger partial charge in [0.15, 0.2) is 0 Å². The number of benzene rings is 3. The maximum Gasteiger partial charge on any atom is 0.120 e. The van der Waals surface area contributed by atoms with Gasteiger partial charge in [0.05, 0.1) is 6.61 Å². The molecule has 0 radical (unpaired) electrons. The molecule has 0 spiro atoms. The second kappa shape index (κ2) is 11.3. The van der Waals surface area contributed by atoms with Gasteiger partial charge in [0.2, 0.25) is 0 Å². The van der Waals surface area contributed by atoms with E-state index in [1.165, 1.54) is 34.4 Å². The van der Waals surface area contributed by atoms with E-state index < -0.39 is 0 Å². The lowest BCUT2D eigenvalue weighted by molar-refractivity contribution is 0.130. The average molecular weight is 476 g/mol. The van der Waals surface area contributed by atoms with Crippen molar-refractivity contribution in [1.82, 2.24) is 4.90 Å². The van der Waals surface area contributed by atoms with E-state index >= 15 is 0 Å². The molecule has 1 aliphatic heterocycles. The van der Waals surface area contributed by atoms with E-state index in [-0.39, 0.29) is 5.60 Å². The van der Waals surface area contributed by atoms with Gasteiger partial charge < -0.3 is 9.47 Å². The molecule has 34 heavy (non-hydrogen) atoms. The van der Waals surface area contributed by atoms with E-state index in [1.807, 2.05) is 0 Å². The van der Waals surface area contributed by atoms with Crippen molar-refractivity contribution >= 4 is 11.8 Å². The van der Waals surface area contributed by atoms with Crippen molar-refractivity contribution in [2.75, 3.05) is 26.0 Å². The van der Waals surface area contributed by atoms with Crippen LogP contribution in [0.1, 0.15) is 39.2 Å². The van der Waals surface area contributed by atoms with E-state index in [4.69, 9.17) is 9.47 Å². The number of ether oxygens (including phenoxy) is 2. The normalized spacial score (nSPS) is 15.3. The Morgan fingerprint density at radius 3 is 1.91 bits per heavy atom. The highest BCUT2D eigenvalue weighted by Gasteiger charge is 2.20. The minimum Gasteiger partial charge on any atom is -0.493 e. The Morgan fingerprint density at radius 1 is 0.794 bits per heavy atom. The summed E-state index contributed by atoms with van der Waals surface area (Å²) in [4.78, 5) is 3.84. The van der Waals surface area contributed by atoms with Crippen molar-refractivity contribution in [2.45, 2.75) is 50.7 Å². The molecule has 1 saturated heterocycles. The Hall–Kier alpha value is -2.43. The second-order valence-electron chi connectivity index (χ2n) is 10.1. The van der Waals surface area contributed by atoms with Crippen LogP contribution in [-0.4, -0.2) is 36.5 Å². The van der Waals surface area contributed by atoms with Gasteiger partial charge >= 0.3 is 0 Å². The highest BCUT2D eigenvalue weighted by Crippen LogP contribution is 2.26. The van der Waals surface area contributed by atoms with Gasteiger partial charge in [0.25, 0.3) is 0 Å². The molecule has 1 heterocycles. The molecule has 0 N–H and O–H groups in total. The van der Waals surface area contributed by atoms with Crippen molar-refractivity contribution in [1.29, 1.82) is 0 Å². The molecule has 3 aromatic rings. The Kier molecular flexibility index (Phi) is 8.23. The van der Waals surface area contributed by atoms with Crippen LogP contribution in [0, 0.1) is 5.92 Å². The lowest BCUT2D eigenvalue weighted by Gasteiger charge is -2.32. The minimum absolute atomic E-state index is 0.159. The fraction of sp³-hybridized carbons (Fsp3) is 0.400. The molecule has 4 rings (SSSR count). The zero-order chi connectivity index (χ0) is 24.0. The van der Waals surface area contributed by atoms with Crippen molar-refractivity contribution in [3.63, 3.8) is 0 Å². The molecule has 1 aliphatic rings. The maximum atomic E-state index is 6.14. The first-order chi connectivity index (χ1) is 16.4. The molecule has 4 heteroatoms. The van der Waals surface area contributed by atoms with Gasteiger partial charge in [0, 0.05) is 11.4 Å². The molecule has 0 amide bonds. The molecular weight excluding hydrogens is 438 g/mol. The van der Waals surface area contributed by atoms with E-state index in [2.05, 4.69) is 105 Å². The molecule has 0 bridgehead atoms. The number of likely N-dealkylation sites (tertiary alicyclic amines) is 1. The summed E-state index contributed by atoms with van der Waals surface area (Å²) in [6.07, 6.45) is 4.48. The van der Waals surface area contributed by atoms with E-state index in [0.717, 1.165) is 37.7 Å². The highest BCUT2D eigenvalue weighted by atomic mass is 32.2. The first-order valence-electron chi connectivity index (χ1n) is 12.3. The van der Waals surface area contributed by atoms with Crippen LogP contribution in [0.3, 0.4) is 0 Å². The summed E-state index contributed by atoms with van der Waals surface area (Å²) in [7, 11) is 0. The molecule has 0 unspecified atom stereocenters. The monoisotopic (exact) mass is 475 g/mol. The Bertz CT molecular complexity index is 1020. The summed E-state index contributed by atoms with van der Waals surface area (Å²) in [5.74, 6) is 2.52. The van der Waals surface area contributed by atoms with Gasteiger partial charge in [-0.3, -0.25) is 4.90 Å². The van der Waals surface area contributed by atoms with Gasteiger partial charge in [-0.1, -0.05) is 36.4 Å². The molecular formula is C30H37NO2S. The lowest BCUT2D eigenvalue weighted by atomic mass is 9.97. The van der Waals surface area contributed by atoms with Crippen LogP contribution in [0.2, 0.25) is 0 Å². The lowest BCUT2D eigenvalue weighted by Crippen LogP contribution is -2.35. The SMILES string of the molecule is CSc1ccc(-c2ccc(OCC3CCN(Cc4ccc(OC(C)(C)C)cc4)CC3)cc2)cc1. The van der Waals surface area contributed by atoms with Gasteiger partial charge in [-0.05, 0) is 112 Å². The second-order valence-corrected chi connectivity index (χ2v) is 11.0. The number of hydrogen-bond acceptors (Lipinski definition) is 4. The van der Waals surface area contributed by atoms with Crippen LogP contribution in [0.4, 0.5) is 0 Å². The van der Waals surface area contributed by atoms with Gasteiger partial charge in [-0.15, -0.1) is 11.8 Å². The van der Waals surface area contributed by atoms with Crippen molar-refractivity contribution < 1.29 is 9.47 Å². The van der Waals surface area contributed by atoms with Crippen LogP contribution >= 0.6 is 11.8 Å². The molecule has 0 saturated carbocycles. The largest absolute Gasteiger partial charge is 0.493 e.